The summed E-state index contributed by atoms with van der Waals surface area (Å²) in [5.74, 6) is -0.0619. The van der Waals surface area contributed by atoms with Gasteiger partial charge in [-0.15, -0.1) is 0 Å². The van der Waals surface area contributed by atoms with Crippen LogP contribution < -0.4 is 4.90 Å². The van der Waals surface area contributed by atoms with E-state index in [1.807, 2.05) is 24.3 Å². The van der Waals surface area contributed by atoms with Crippen LogP contribution in [0.1, 0.15) is 31.1 Å². The van der Waals surface area contributed by atoms with Gasteiger partial charge in [-0.05, 0) is 45.0 Å². The Morgan fingerprint density at radius 3 is 2.26 bits per heavy atom. The Morgan fingerprint density at radius 2 is 1.84 bits per heavy atom. The van der Waals surface area contributed by atoms with E-state index in [1.165, 1.54) is 4.90 Å². The fraction of sp³-hybridized carbons (Fsp3) is 0.533. The van der Waals surface area contributed by atoms with Crippen molar-refractivity contribution in [3.8, 4) is 0 Å². The number of nitrogens with zero attached hydrogens (tertiary/aromatic N) is 2. The van der Waals surface area contributed by atoms with Crippen molar-refractivity contribution >= 4 is 11.6 Å². The largest absolute Gasteiger partial charge is 0.395 e. The molecular formula is C15H24N2O2. The predicted molar refractivity (Wildman–Crippen MR) is 78.6 cm³/mol. The minimum atomic E-state index is -0.0619. The van der Waals surface area contributed by atoms with Gasteiger partial charge < -0.3 is 14.9 Å². The van der Waals surface area contributed by atoms with Crippen molar-refractivity contribution in [2.24, 2.45) is 0 Å². The van der Waals surface area contributed by atoms with E-state index in [4.69, 9.17) is 5.11 Å². The molecule has 1 aromatic rings. The summed E-state index contributed by atoms with van der Waals surface area (Å²) in [7, 11) is 1.69. The van der Waals surface area contributed by atoms with E-state index in [-0.39, 0.29) is 12.5 Å². The number of hydrogen-bond donors (Lipinski definition) is 1. The van der Waals surface area contributed by atoms with Crippen LogP contribution in [0, 0.1) is 0 Å². The molecule has 0 aliphatic heterocycles. The molecule has 4 heteroatoms. The topological polar surface area (TPSA) is 43.8 Å². The Morgan fingerprint density at radius 1 is 1.26 bits per heavy atom. The number of anilines is 1. The first-order chi connectivity index (χ1) is 9.01. The zero-order valence-electron chi connectivity index (χ0n) is 12.3. The van der Waals surface area contributed by atoms with Crippen LogP contribution in [-0.2, 0) is 0 Å². The lowest BCUT2D eigenvalue weighted by Crippen LogP contribution is -2.31. The van der Waals surface area contributed by atoms with Crippen LogP contribution >= 0.6 is 0 Å². The van der Waals surface area contributed by atoms with Gasteiger partial charge in [-0.25, -0.2) is 0 Å². The summed E-state index contributed by atoms with van der Waals surface area (Å²) >= 11 is 0. The molecule has 0 unspecified atom stereocenters. The van der Waals surface area contributed by atoms with Crippen molar-refractivity contribution in [3.63, 3.8) is 0 Å². The van der Waals surface area contributed by atoms with Crippen LogP contribution in [0.2, 0.25) is 0 Å². The first-order valence-corrected chi connectivity index (χ1v) is 6.74. The molecule has 19 heavy (non-hydrogen) atoms. The second-order valence-electron chi connectivity index (χ2n) is 4.88. The van der Waals surface area contributed by atoms with Gasteiger partial charge >= 0.3 is 0 Å². The van der Waals surface area contributed by atoms with Crippen molar-refractivity contribution in [1.29, 1.82) is 0 Å². The number of hydrogen-bond acceptors (Lipinski definition) is 3. The highest BCUT2D eigenvalue weighted by atomic mass is 16.3. The van der Waals surface area contributed by atoms with Crippen LogP contribution in [0.25, 0.3) is 0 Å². The lowest BCUT2D eigenvalue weighted by Gasteiger charge is -2.27. The first-order valence-electron chi connectivity index (χ1n) is 6.74. The quantitative estimate of drug-likeness (QED) is 0.854. The summed E-state index contributed by atoms with van der Waals surface area (Å²) in [6, 6.07) is 8.07. The average Bonchev–Trinajstić information content (AvgIpc) is 2.39. The number of aliphatic hydroxyl groups excluding tert-OH is 1. The smallest absolute Gasteiger partial charge is 0.253 e. The highest BCUT2D eigenvalue weighted by Gasteiger charge is 2.12. The Labute approximate surface area is 115 Å². The number of aliphatic hydroxyl groups is 1. The molecule has 0 saturated heterocycles. The van der Waals surface area contributed by atoms with Crippen molar-refractivity contribution in [1.82, 2.24) is 4.90 Å². The van der Waals surface area contributed by atoms with E-state index in [0.29, 0.717) is 18.2 Å². The minimum absolute atomic E-state index is 0.0166. The molecule has 0 atom stereocenters. The molecule has 0 aromatic heterocycles. The first kappa shape index (κ1) is 15.5. The second-order valence-corrected chi connectivity index (χ2v) is 4.88. The summed E-state index contributed by atoms with van der Waals surface area (Å²) in [6.07, 6.45) is 0. The van der Waals surface area contributed by atoms with Crippen LogP contribution in [0.4, 0.5) is 5.69 Å². The molecule has 0 bridgehead atoms. The number of carbonyl (C=O) groups excluding carboxylic acids is 1. The van der Waals surface area contributed by atoms with E-state index in [9.17, 15) is 4.79 Å². The third kappa shape index (κ3) is 3.96. The highest BCUT2D eigenvalue weighted by Crippen LogP contribution is 2.18. The van der Waals surface area contributed by atoms with E-state index in [0.717, 1.165) is 12.2 Å². The zero-order valence-corrected chi connectivity index (χ0v) is 12.3. The Kier molecular flexibility index (Phi) is 5.83. The molecule has 4 nitrogen and oxygen atoms in total. The molecule has 1 amide bonds. The fourth-order valence-corrected chi connectivity index (χ4v) is 2.11. The van der Waals surface area contributed by atoms with E-state index >= 15 is 0 Å². The summed E-state index contributed by atoms with van der Waals surface area (Å²) in [5.41, 5.74) is 1.78. The molecule has 1 aromatic carbocycles. The maximum Gasteiger partial charge on any atom is 0.253 e. The Balaban J connectivity index is 2.84. The maximum absolute atomic E-state index is 12.0. The number of amides is 1. The SMILES string of the molecule is CCN(c1ccc(C(=O)N(C)CCO)cc1)C(C)C. The molecule has 0 radical (unpaired) electrons. The zero-order chi connectivity index (χ0) is 14.4. The third-order valence-corrected chi connectivity index (χ3v) is 3.19. The van der Waals surface area contributed by atoms with Crippen molar-refractivity contribution in [2.75, 3.05) is 31.6 Å². The van der Waals surface area contributed by atoms with Gasteiger partial charge in [0.2, 0.25) is 0 Å². The summed E-state index contributed by atoms with van der Waals surface area (Å²) in [4.78, 5) is 15.8. The number of rotatable bonds is 6. The number of likely N-dealkylation sites (N-methyl/N-ethyl adjacent to an activating group) is 1. The van der Waals surface area contributed by atoms with E-state index in [1.54, 1.807) is 7.05 Å². The molecule has 0 spiro atoms. The van der Waals surface area contributed by atoms with Crippen LogP contribution in [-0.4, -0.2) is 48.7 Å². The minimum Gasteiger partial charge on any atom is -0.395 e. The molecule has 1 rings (SSSR count). The fourth-order valence-electron chi connectivity index (χ4n) is 2.11. The third-order valence-electron chi connectivity index (χ3n) is 3.19. The normalized spacial score (nSPS) is 10.6. The van der Waals surface area contributed by atoms with Gasteiger partial charge in [0.1, 0.15) is 0 Å². The van der Waals surface area contributed by atoms with Gasteiger partial charge in [-0.1, -0.05) is 0 Å². The van der Waals surface area contributed by atoms with Crippen molar-refractivity contribution < 1.29 is 9.90 Å². The molecule has 0 aliphatic carbocycles. The lowest BCUT2D eigenvalue weighted by atomic mass is 10.1. The summed E-state index contributed by atoms with van der Waals surface area (Å²) in [6.45, 7) is 7.70. The number of benzene rings is 1. The van der Waals surface area contributed by atoms with Gasteiger partial charge in [0.15, 0.2) is 0 Å². The highest BCUT2D eigenvalue weighted by molar-refractivity contribution is 5.94. The average molecular weight is 264 g/mol. The van der Waals surface area contributed by atoms with Crippen LogP contribution in [0.3, 0.4) is 0 Å². The summed E-state index contributed by atoms with van der Waals surface area (Å²) < 4.78 is 0. The molecule has 0 aliphatic rings. The monoisotopic (exact) mass is 264 g/mol. The van der Waals surface area contributed by atoms with Gasteiger partial charge in [0, 0.05) is 37.4 Å². The Hall–Kier alpha value is -1.55. The van der Waals surface area contributed by atoms with Crippen LogP contribution in [0.15, 0.2) is 24.3 Å². The second kappa shape index (κ2) is 7.14. The van der Waals surface area contributed by atoms with Gasteiger partial charge in [-0.2, -0.15) is 0 Å². The number of carbonyl (C=O) groups is 1. The Bertz CT molecular complexity index is 401. The molecule has 1 N–H and O–H groups in total. The van der Waals surface area contributed by atoms with Crippen molar-refractivity contribution in [3.05, 3.63) is 29.8 Å². The lowest BCUT2D eigenvalue weighted by molar-refractivity contribution is 0.0767. The molecule has 0 heterocycles. The van der Waals surface area contributed by atoms with Gasteiger partial charge in [-0.3, -0.25) is 4.79 Å². The standard InChI is InChI=1S/C15H24N2O2/c1-5-17(12(2)3)14-8-6-13(7-9-14)15(19)16(4)10-11-18/h6-9,12,18H,5,10-11H2,1-4H3. The van der Waals surface area contributed by atoms with Gasteiger partial charge in [0.25, 0.3) is 5.91 Å². The van der Waals surface area contributed by atoms with E-state index in [2.05, 4.69) is 25.7 Å². The van der Waals surface area contributed by atoms with Crippen LogP contribution in [0.5, 0.6) is 0 Å². The molecular weight excluding hydrogens is 240 g/mol. The van der Waals surface area contributed by atoms with Crippen molar-refractivity contribution in [2.45, 2.75) is 26.8 Å². The molecule has 0 fully saturated rings. The van der Waals surface area contributed by atoms with E-state index < -0.39 is 0 Å². The maximum atomic E-state index is 12.0. The summed E-state index contributed by atoms with van der Waals surface area (Å²) in [5, 5.41) is 8.84. The van der Waals surface area contributed by atoms with Gasteiger partial charge in [0.05, 0.1) is 6.61 Å². The molecule has 106 valence electrons. The molecule has 0 saturated carbocycles. The predicted octanol–water partition coefficient (Wildman–Crippen LogP) is 1.99.